The van der Waals surface area contributed by atoms with Gasteiger partial charge in [0.05, 0.1) is 18.1 Å². The van der Waals surface area contributed by atoms with Gasteiger partial charge in [0.15, 0.2) is 11.9 Å². The largest absolute Gasteiger partial charge is 0.491 e. The van der Waals surface area contributed by atoms with E-state index in [0.717, 1.165) is 28.3 Å². The van der Waals surface area contributed by atoms with E-state index in [-0.39, 0.29) is 19.9 Å². The molecule has 1 heterocycles. The predicted molar refractivity (Wildman–Crippen MR) is 124 cm³/mol. The minimum Gasteiger partial charge on any atom is -0.491 e. The van der Waals surface area contributed by atoms with E-state index < -0.39 is 16.2 Å². The van der Waals surface area contributed by atoms with Gasteiger partial charge in [-0.3, -0.25) is 4.18 Å². The second-order valence-electron chi connectivity index (χ2n) is 7.66. The fraction of sp³-hybridized carbons (Fsp3) is 0.250. The molecule has 33 heavy (non-hydrogen) atoms. The molecule has 1 unspecified atom stereocenters. The second kappa shape index (κ2) is 10.1. The standard InChI is InChI=1S/C24H26N3O5S/c1-26-24(20-9-4-3-5-10-20)15-27(25-26)18-31-23(17-32-33(2,28)29)16-30-22-13-12-19-8-6-7-11-21(19)14-22/h3-15,23H,16-18H2,1-2H3/q+1. The van der Waals surface area contributed by atoms with Crippen molar-refractivity contribution in [3.05, 3.63) is 79.0 Å². The molecule has 0 amide bonds. The topological polar surface area (TPSA) is 83.5 Å². The van der Waals surface area contributed by atoms with Gasteiger partial charge in [0, 0.05) is 5.56 Å². The van der Waals surface area contributed by atoms with E-state index in [9.17, 15) is 8.42 Å². The summed E-state index contributed by atoms with van der Waals surface area (Å²) in [7, 11) is -1.76. The lowest BCUT2D eigenvalue weighted by molar-refractivity contribution is -0.787. The van der Waals surface area contributed by atoms with E-state index in [1.807, 2.05) is 86.0 Å². The summed E-state index contributed by atoms with van der Waals surface area (Å²) < 4.78 is 43.2. The van der Waals surface area contributed by atoms with Crippen molar-refractivity contribution >= 4 is 20.9 Å². The van der Waals surface area contributed by atoms with E-state index in [1.165, 1.54) is 0 Å². The molecule has 0 aliphatic carbocycles. The minimum absolute atomic E-state index is 0.111. The van der Waals surface area contributed by atoms with Crippen molar-refractivity contribution < 1.29 is 26.8 Å². The monoisotopic (exact) mass is 468 g/mol. The highest BCUT2D eigenvalue weighted by Gasteiger charge is 2.19. The summed E-state index contributed by atoms with van der Waals surface area (Å²) in [6.07, 6.45) is 2.25. The zero-order valence-electron chi connectivity index (χ0n) is 18.5. The highest BCUT2D eigenvalue weighted by atomic mass is 32.2. The number of nitrogens with zero attached hydrogens (tertiary/aromatic N) is 3. The summed E-state index contributed by atoms with van der Waals surface area (Å²) in [5.74, 6) is 0.665. The lowest BCUT2D eigenvalue weighted by atomic mass is 10.1. The highest BCUT2D eigenvalue weighted by Crippen LogP contribution is 2.21. The number of fused-ring (bicyclic) bond motifs is 1. The number of aromatic nitrogens is 3. The number of benzene rings is 3. The first-order chi connectivity index (χ1) is 15.9. The number of rotatable bonds is 10. The van der Waals surface area contributed by atoms with E-state index in [1.54, 1.807) is 9.36 Å². The smallest absolute Gasteiger partial charge is 0.264 e. The molecule has 3 aromatic carbocycles. The Morgan fingerprint density at radius 2 is 1.70 bits per heavy atom. The third-order valence-electron chi connectivity index (χ3n) is 5.01. The summed E-state index contributed by atoms with van der Waals surface area (Å²) in [4.78, 5) is 0. The van der Waals surface area contributed by atoms with E-state index >= 15 is 0 Å². The SMILES string of the molecule is Cn1n[n+](COC(COc2ccc3ccccc3c2)COS(C)(=O)=O)cc1-c1ccccc1. The maximum Gasteiger partial charge on any atom is 0.264 e. The molecule has 0 radical (unpaired) electrons. The first-order valence-corrected chi connectivity index (χ1v) is 12.3. The zero-order chi connectivity index (χ0) is 23.3. The Labute approximate surface area is 193 Å². The average molecular weight is 469 g/mol. The van der Waals surface area contributed by atoms with Crippen LogP contribution in [0.5, 0.6) is 5.75 Å². The van der Waals surface area contributed by atoms with Gasteiger partial charge < -0.3 is 9.47 Å². The maximum absolute atomic E-state index is 11.5. The van der Waals surface area contributed by atoms with Gasteiger partial charge in [-0.15, -0.1) is 9.36 Å². The van der Waals surface area contributed by atoms with Crippen LogP contribution in [0.3, 0.4) is 0 Å². The molecule has 0 aliphatic rings. The van der Waals surface area contributed by atoms with Crippen LogP contribution in [0.2, 0.25) is 0 Å². The molecule has 8 nitrogen and oxygen atoms in total. The summed E-state index contributed by atoms with van der Waals surface area (Å²) in [5, 5.41) is 6.59. The highest BCUT2D eigenvalue weighted by molar-refractivity contribution is 7.85. The number of ether oxygens (including phenoxy) is 2. The lowest BCUT2D eigenvalue weighted by Gasteiger charge is -2.17. The zero-order valence-corrected chi connectivity index (χ0v) is 19.3. The first-order valence-electron chi connectivity index (χ1n) is 10.4. The van der Waals surface area contributed by atoms with E-state index in [0.29, 0.717) is 5.75 Å². The van der Waals surface area contributed by atoms with Gasteiger partial charge in [-0.05, 0) is 22.9 Å². The summed E-state index contributed by atoms with van der Waals surface area (Å²) in [5.41, 5.74) is 1.96. The fourth-order valence-corrected chi connectivity index (χ4v) is 3.78. The van der Waals surface area contributed by atoms with Crippen molar-refractivity contribution in [2.24, 2.45) is 7.05 Å². The Kier molecular flexibility index (Phi) is 7.02. The van der Waals surface area contributed by atoms with E-state index in [2.05, 4.69) is 5.21 Å². The van der Waals surface area contributed by atoms with Crippen molar-refractivity contribution in [1.82, 2.24) is 9.90 Å². The summed E-state index contributed by atoms with van der Waals surface area (Å²) in [6.45, 7) is 0.0672. The lowest BCUT2D eigenvalue weighted by Crippen LogP contribution is -2.41. The maximum atomic E-state index is 11.5. The van der Waals surface area contributed by atoms with Crippen LogP contribution in [0, 0.1) is 0 Å². The predicted octanol–water partition coefficient (Wildman–Crippen LogP) is 2.93. The van der Waals surface area contributed by atoms with Crippen LogP contribution in [0.15, 0.2) is 79.0 Å². The quantitative estimate of drug-likeness (QED) is 0.263. The van der Waals surface area contributed by atoms with Crippen molar-refractivity contribution in [2.45, 2.75) is 12.8 Å². The Morgan fingerprint density at radius 3 is 2.45 bits per heavy atom. The first kappa shape index (κ1) is 22.9. The van der Waals surface area contributed by atoms with Gasteiger partial charge in [0.2, 0.25) is 6.73 Å². The van der Waals surface area contributed by atoms with Crippen LogP contribution in [0.25, 0.3) is 22.0 Å². The van der Waals surface area contributed by atoms with Crippen LogP contribution < -0.4 is 9.42 Å². The molecule has 1 atom stereocenters. The third-order valence-corrected chi connectivity index (χ3v) is 5.57. The Balaban J connectivity index is 1.43. The Bertz CT molecular complexity index is 1320. The third kappa shape index (κ3) is 6.38. The molecule has 4 rings (SSSR count). The van der Waals surface area contributed by atoms with Crippen LogP contribution >= 0.6 is 0 Å². The second-order valence-corrected chi connectivity index (χ2v) is 9.30. The van der Waals surface area contributed by atoms with Gasteiger partial charge >= 0.3 is 0 Å². The normalized spacial score (nSPS) is 12.7. The van der Waals surface area contributed by atoms with E-state index in [4.69, 9.17) is 13.7 Å². The molecule has 0 bridgehead atoms. The van der Waals surface area contributed by atoms with Crippen LogP contribution in [-0.2, 0) is 32.8 Å². The van der Waals surface area contributed by atoms with Gasteiger partial charge in [-0.25, -0.2) is 0 Å². The molecule has 0 N–H and O–H groups in total. The average Bonchev–Trinajstić information content (AvgIpc) is 3.18. The minimum atomic E-state index is -3.61. The molecule has 4 aromatic rings. The molecule has 0 spiro atoms. The van der Waals surface area contributed by atoms with Crippen molar-refractivity contribution in [1.29, 1.82) is 0 Å². The van der Waals surface area contributed by atoms with Gasteiger partial charge in [0.25, 0.3) is 10.1 Å². The number of hydrogen-bond donors (Lipinski definition) is 0. The van der Waals surface area contributed by atoms with Crippen LogP contribution in [0.1, 0.15) is 0 Å². The molecule has 1 aromatic heterocycles. The molecule has 172 valence electrons. The van der Waals surface area contributed by atoms with Gasteiger partial charge in [-0.1, -0.05) is 60.7 Å². The van der Waals surface area contributed by atoms with Crippen LogP contribution in [0.4, 0.5) is 0 Å². The summed E-state index contributed by atoms with van der Waals surface area (Å²) >= 11 is 0. The summed E-state index contributed by atoms with van der Waals surface area (Å²) in [6, 6.07) is 23.6. The van der Waals surface area contributed by atoms with Crippen molar-refractivity contribution in [3.63, 3.8) is 0 Å². The van der Waals surface area contributed by atoms with Crippen LogP contribution in [-0.4, -0.2) is 43.9 Å². The van der Waals surface area contributed by atoms with Gasteiger partial charge in [0.1, 0.15) is 25.5 Å². The molecule has 0 fully saturated rings. The molecule has 0 aliphatic heterocycles. The molecule has 9 heteroatoms. The number of aryl methyl sites for hydroxylation is 1. The fourth-order valence-electron chi connectivity index (χ4n) is 3.38. The molecular weight excluding hydrogens is 442 g/mol. The van der Waals surface area contributed by atoms with Gasteiger partial charge in [-0.2, -0.15) is 8.42 Å². The molecule has 0 saturated heterocycles. The van der Waals surface area contributed by atoms with Crippen molar-refractivity contribution in [2.75, 3.05) is 19.5 Å². The Morgan fingerprint density at radius 1 is 0.970 bits per heavy atom. The molecular formula is C24H26N3O5S+. The molecule has 0 saturated carbocycles. The number of hydrogen-bond acceptors (Lipinski definition) is 6. The Hall–Kier alpha value is -3.27. The van der Waals surface area contributed by atoms with Crippen molar-refractivity contribution in [3.8, 4) is 17.0 Å².